The van der Waals surface area contributed by atoms with Crippen LogP contribution in [0.2, 0.25) is 5.02 Å². The molecular weight excluding hydrogens is 384 g/mol. The normalized spacial score (nSPS) is 10.5. The molecule has 8 heteroatoms. The number of hydrogen-bond acceptors (Lipinski definition) is 6. The van der Waals surface area contributed by atoms with Crippen molar-refractivity contribution in [2.45, 2.75) is 6.92 Å². The Kier molecular flexibility index (Phi) is 5.75. The summed E-state index contributed by atoms with van der Waals surface area (Å²) in [6.45, 7) is 1.66. The predicted octanol–water partition coefficient (Wildman–Crippen LogP) is 4.58. The number of aromatic nitrogens is 1. The van der Waals surface area contributed by atoms with Crippen molar-refractivity contribution in [3.63, 3.8) is 0 Å². The lowest BCUT2D eigenvalue weighted by Gasteiger charge is -2.14. The maximum atomic E-state index is 13.0. The second-order valence-electron chi connectivity index (χ2n) is 5.81. The highest BCUT2D eigenvalue weighted by atomic mass is 35.5. The van der Waals surface area contributed by atoms with Gasteiger partial charge in [0.05, 0.1) is 26.4 Å². The lowest BCUT2D eigenvalue weighted by molar-refractivity contribution is 0.102. The Hall–Kier alpha value is -3.19. The van der Waals surface area contributed by atoms with Crippen LogP contribution in [0.3, 0.4) is 0 Å². The molecule has 0 saturated carbocycles. The van der Waals surface area contributed by atoms with Crippen molar-refractivity contribution in [2.75, 3.05) is 26.6 Å². The largest absolute Gasteiger partial charge is 0.493 e. The summed E-state index contributed by atoms with van der Waals surface area (Å²) in [6, 6.07) is 10.4. The molecule has 3 rings (SSSR count). The molecule has 0 spiro atoms. The van der Waals surface area contributed by atoms with E-state index in [0.29, 0.717) is 50.5 Å². The van der Waals surface area contributed by atoms with E-state index in [9.17, 15) is 4.79 Å². The van der Waals surface area contributed by atoms with Gasteiger partial charge in [-0.3, -0.25) is 4.79 Å². The van der Waals surface area contributed by atoms with E-state index in [-0.39, 0.29) is 0 Å². The number of benzene rings is 2. The average molecular weight is 403 g/mol. The number of aryl methyl sites for hydroxylation is 1. The Balaban J connectivity index is 1.99. The van der Waals surface area contributed by atoms with Crippen molar-refractivity contribution >= 4 is 23.2 Å². The second-order valence-corrected chi connectivity index (χ2v) is 6.22. The monoisotopic (exact) mass is 402 g/mol. The molecular formula is C20H19ClN2O5. The first-order valence-corrected chi connectivity index (χ1v) is 8.70. The first-order chi connectivity index (χ1) is 13.5. The van der Waals surface area contributed by atoms with Crippen LogP contribution >= 0.6 is 11.6 Å². The van der Waals surface area contributed by atoms with Gasteiger partial charge in [-0.05, 0) is 13.0 Å². The number of ether oxygens (including phenoxy) is 3. The summed E-state index contributed by atoms with van der Waals surface area (Å²) in [5, 5.41) is 7.30. The van der Waals surface area contributed by atoms with E-state index >= 15 is 0 Å². The molecule has 0 unspecified atom stereocenters. The van der Waals surface area contributed by atoms with Gasteiger partial charge in [0.1, 0.15) is 17.0 Å². The molecule has 1 aromatic heterocycles. The van der Waals surface area contributed by atoms with Crippen LogP contribution in [0.1, 0.15) is 16.1 Å². The molecule has 1 N–H and O–H groups in total. The highest BCUT2D eigenvalue weighted by molar-refractivity contribution is 6.33. The van der Waals surface area contributed by atoms with Crippen LogP contribution in [-0.4, -0.2) is 32.4 Å². The number of nitrogens with one attached hydrogen (secondary N) is 1. The number of nitrogens with zero attached hydrogens (tertiary/aromatic N) is 1. The van der Waals surface area contributed by atoms with Gasteiger partial charge in [0.15, 0.2) is 11.5 Å². The molecule has 0 aliphatic heterocycles. The van der Waals surface area contributed by atoms with E-state index in [1.165, 1.54) is 21.3 Å². The summed E-state index contributed by atoms with van der Waals surface area (Å²) in [6.07, 6.45) is 0. The predicted molar refractivity (Wildman–Crippen MR) is 106 cm³/mol. The van der Waals surface area contributed by atoms with Crippen molar-refractivity contribution in [2.24, 2.45) is 0 Å². The zero-order valence-electron chi connectivity index (χ0n) is 15.8. The Morgan fingerprint density at radius 3 is 2.29 bits per heavy atom. The average Bonchev–Trinajstić information content (AvgIpc) is 3.08. The third kappa shape index (κ3) is 3.61. The summed E-state index contributed by atoms with van der Waals surface area (Å²) in [7, 11) is 4.51. The highest BCUT2D eigenvalue weighted by Gasteiger charge is 2.24. The van der Waals surface area contributed by atoms with E-state index in [2.05, 4.69) is 10.5 Å². The number of methoxy groups -OCH3 is 3. The maximum Gasteiger partial charge on any atom is 0.261 e. The molecule has 0 radical (unpaired) electrons. The van der Waals surface area contributed by atoms with E-state index < -0.39 is 5.91 Å². The van der Waals surface area contributed by atoms with Crippen LogP contribution in [0, 0.1) is 6.92 Å². The van der Waals surface area contributed by atoms with Gasteiger partial charge in [0, 0.05) is 23.4 Å². The number of hydrogen-bond donors (Lipinski definition) is 1. The molecule has 2 aromatic carbocycles. The van der Waals surface area contributed by atoms with Crippen molar-refractivity contribution in [3.05, 3.63) is 52.7 Å². The minimum atomic E-state index is -0.400. The van der Waals surface area contributed by atoms with Gasteiger partial charge in [0.25, 0.3) is 5.91 Å². The third-order valence-corrected chi connectivity index (χ3v) is 4.47. The summed E-state index contributed by atoms with van der Waals surface area (Å²) in [5.41, 5.74) is 1.73. The zero-order valence-corrected chi connectivity index (χ0v) is 16.6. The van der Waals surface area contributed by atoms with Gasteiger partial charge in [-0.1, -0.05) is 35.0 Å². The van der Waals surface area contributed by atoms with E-state index in [1.54, 1.807) is 37.3 Å². The lowest BCUT2D eigenvalue weighted by atomic mass is 10.1. The smallest absolute Gasteiger partial charge is 0.261 e. The molecule has 3 aromatic rings. The van der Waals surface area contributed by atoms with Gasteiger partial charge in [0.2, 0.25) is 5.75 Å². The first-order valence-electron chi connectivity index (χ1n) is 8.32. The molecule has 0 saturated heterocycles. The summed E-state index contributed by atoms with van der Waals surface area (Å²) < 4.78 is 21.2. The van der Waals surface area contributed by atoms with Gasteiger partial charge in [-0.15, -0.1) is 0 Å². The first kappa shape index (κ1) is 19.6. The number of amides is 1. The van der Waals surface area contributed by atoms with Gasteiger partial charge < -0.3 is 24.1 Å². The molecule has 0 atom stereocenters. The highest BCUT2D eigenvalue weighted by Crippen LogP contribution is 2.40. The fraction of sp³-hybridized carbons (Fsp3) is 0.200. The molecule has 7 nitrogen and oxygen atoms in total. The SMILES string of the molecule is COc1cc(NC(=O)c2c(-c3ccccc3Cl)noc2C)cc(OC)c1OC. The molecule has 1 amide bonds. The number of halogens is 1. The van der Waals surface area contributed by atoms with Crippen molar-refractivity contribution in [1.29, 1.82) is 0 Å². The second kappa shape index (κ2) is 8.22. The van der Waals surface area contributed by atoms with Crippen molar-refractivity contribution in [1.82, 2.24) is 5.16 Å². The van der Waals surface area contributed by atoms with Crippen LogP contribution < -0.4 is 19.5 Å². The number of rotatable bonds is 6. The number of anilines is 1. The quantitative estimate of drug-likeness (QED) is 0.649. The Labute approximate surface area is 167 Å². The number of carbonyl (C=O) groups is 1. The van der Waals surface area contributed by atoms with Gasteiger partial charge in [-0.25, -0.2) is 0 Å². The standard InChI is InChI=1S/C20H19ClN2O5/c1-11-17(18(23-28-11)13-7-5-6-8-14(13)21)20(24)22-12-9-15(25-2)19(27-4)16(10-12)26-3/h5-10H,1-4H3,(H,22,24). The molecule has 0 aliphatic carbocycles. The van der Waals surface area contributed by atoms with Crippen LogP contribution in [0.5, 0.6) is 17.2 Å². The fourth-order valence-corrected chi connectivity index (χ4v) is 3.05. The zero-order chi connectivity index (χ0) is 20.3. The Bertz CT molecular complexity index is 991. The van der Waals surface area contributed by atoms with Gasteiger partial charge >= 0.3 is 0 Å². The molecule has 146 valence electrons. The van der Waals surface area contributed by atoms with Crippen molar-refractivity contribution in [3.8, 4) is 28.5 Å². The summed E-state index contributed by atoms with van der Waals surface area (Å²) in [4.78, 5) is 13.0. The maximum absolute atomic E-state index is 13.0. The van der Waals surface area contributed by atoms with Crippen LogP contribution in [0.25, 0.3) is 11.3 Å². The molecule has 28 heavy (non-hydrogen) atoms. The summed E-state index contributed by atoms with van der Waals surface area (Å²) >= 11 is 6.26. The topological polar surface area (TPSA) is 82.8 Å². The van der Waals surface area contributed by atoms with E-state index in [4.69, 9.17) is 30.3 Å². The molecule has 0 aliphatic rings. The lowest BCUT2D eigenvalue weighted by Crippen LogP contribution is -2.14. The van der Waals surface area contributed by atoms with Gasteiger partial charge in [-0.2, -0.15) is 0 Å². The molecule has 0 bridgehead atoms. The minimum absolute atomic E-state index is 0.293. The van der Waals surface area contributed by atoms with E-state index in [0.717, 1.165) is 0 Å². The third-order valence-electron chi connectivity index (χ3n) is 4.14. The molecule has 0 fully saturated rings. The van der Waals surface area contributed by atoms with Crippen LogP contribution in [0.4, 0.5) is 5.69 Å². The minimum Gasteiger partial charge on any atom is -0.493 e. The Morgan fingerprint density at radius 2 is 1.71 bits per heavy atom. The Morgan fingerprint density at radius 1 is 1.07 bits per heavy atom. The summed E-state index contributed by atoms with van der Waals surface area (Å²) in [5.74, 6) is 1.25. The molecule has 1 heterocycles. The van der Waals surface area contributed by atoms with Crippen LogP contribution in [0.15, 0.2) is 40.9 Å². The fourth-order valence-electron chi connectivity index (χ4n) is 2.82. The number of carbonyl (C=O) groups excluding carboxylic acids is 1. The van der Waals surface area contributed by atoms with Crippen LogP contribution in [-0.2, 0) is 0 Å². The van der Waals surface area contributed by atoms with E-state index in [1.807, 2.05) is 6.07 Å². The van der Waals surface area contributed by atoms with Crippen molar-refractivity contribution < 1.29 is 23.5 Å².